The Morgan fingerprint density at radius 2 is 2.24 bits per heavy atom. The third-order valence-corrected chi connectivity index (χ3v) is 4.41. The van der Waals surface area contributed by atoms with Crippen molar-refractivity contribution in [3.63, 3.8) is 0 Å². The zero-order valence-electron chi connectivity index (χ0n) is 13.8. The summed E-state index contributed by atoms with van der Waals surface area (Å²) in [6.07, 6.45) is 1.84. The zero-order chi connectivity index (χ0) is 17.2. The summed E-state index contributed by atoms with van der Waals surface area (Å²) in [7, 11) is 1.65. The van der Waals surface area contributed by atoms with Crippen LogP contribution in [-0.2, 0) is 6.54 Å². The standard InChI is InChI=1S/C18H19N3O4/c1-23-14-5-2-4-12(8-14)15-9-13(22)10-21(15)11-17-19-18(20-25-17)16-6-3-7-24-16/h2-8,13,15,22H,9-11H2,1H3/t13-,15-/m1/s1. The summed E-state index contributed by atoms with van der Waals surface area (Å²) in [6.45, 7) is 1.02. The molecular formula is C18H19N3O4. The highest BCUT2D eigenvalue weighted by molar-refractivity contribution is 5.44. The maximum atomic E-state index is 10.1. The molecular weight excluding hydrogens is 322 g/mol. The van der Waals surface area contributed by atoms with E-state index in [9.17, 15) is 5.11 Å². The van der Waals surface area contributed by atoms with Gasteiger partial charge in [-0.3, -0.25) is 4.90 Å². The Balaban J connectivity index is 1.54. The number of hydrogen-bond donors (Lipinski definition) is 1. The molecule has 0 unspecified atom stereocenters. The van der Waals surface area contributed by atoms with Crippen molar-refractivity contribution in [2.75, 3.05) is 13.7 Å². The van der Waals surface area contributed by atoms with Crippen LogP contribution in [-0.4, -0.2) is 39.9 Å². The Hall–Kier alpha value is -2.64. The molecule has 4 rings (SSSR count). The normalized spacial score (nSPS) is 20.9. The van der Waals surface area contributed by atoms with Gasteiger partial charge in [0.2, 0.25) is 11.7 Å². The minimum atomic E-state index is -0.385. The number of likely N-dealkylation sites (tertiary alicyclic amines) is 1. The van der Waals surface area contributed by atoms with Gasteiger partial charge in [0.05, 0.1) is 26.0 Å². The fraction of sp³-hybridized carbons (Fsp3) is 0.333. The topological polar surface area (TPSA) is 84.8 Å². The van der Waals surface area contributed by atoms with E-state index in [0.29, 0.717) is 37.0 Å². The number of aliphatic hydroxyl groups excluding tert-OH is 1. The van der Waals surface area contributed by atoms with E-state index in [-0.39, 0.29) is 12.1 Å². The molecule has 2 aromatic heterocycles. The van der Waals surface area contributed by atoms with Crippen LogP contribution in [0.25, 0.3) is 11.6 Å². The van der Waals surface area contributed by atoms with E-state index in [2.05, 4.69) is 15.0 Å². The highest BCUT2D eigenvalue weighted by Crippen LogP contribution is 2.34. The number of nitrogens with zero attached hydrogens (tertiary/aromatic N) is 3. The number of aliphatic hydroxyl groups is 1. The Morgan fingerprint density at radius 1 is 1.32 bits per heavy atom. The van der Waals surface area contributed by atoms with Crippen molar-refractivity contribution in [1.82, 2.24) is 15.0 Å². The highest BCUT2D eigenvalue weighted by Gasteiger charge is 2.33. The van der Waals surface area contributed by atoms with Crippen LogP contribution < -0.4 is 4.74 Å². The van der Waals surface area contributed by atoms with Crippen LogP contribution in [0.4, 0.5) is 0 Å². The predicted octanol–water partition coefficient (Wildman–Crippen LogP) is 2.65. The van der Waals surface area contributed by atoms with Gasteiger partial charge in [0.1, 0.15) is 5.75 Å². The van der Waals surface area contributed by atoms with Gasteiger partial charge in [-0.2, -0.15) is 4.98 Å². The Bertz CT molecular complexity index is 830. The number of benzene rings is 1. The largest absolute Gasteiger partial charge is 0.497 e. The molecule has 0 saturated carbocycles. The van der Waals surface area contributed by atoms with Crippen LogP contribution in [0.2, 0.25) is 0 Å². The van der Waals surface area contributed by atoms with Crippen molar-refractivity contribution in [3.8, 4) is 17.3 Å². The van der Waals surface area contributed by atoms with Crippen LogP contribution in [0.3, 0.4) is 0 Å². The van der Waals surface area contributed by atoms with Gasteiger partial charge in [-0.15, -0.1) is 0 Å². The average Bonchev–Trinajstić information content (AvgIpc) is 3.36. The number of β-amino-alcohol motifs (C(OH)–C–C–N with tert-alkyl or cyclic N) is 1. The molecule has 2 atom stereocenters. The lowest BCUT2D eigenvalue weighted by molar-refractivity contribution is 0.164. The second-order valence-corrected chi connectivity index (χ2v) is 6.10. The minimum absolute atomic E-state index is 0.0732. The quantitative estimate of drug-likeness (QED) is 0.763. The van der Waals surface area contributed by atoms with Gasteiger partial charge in [-0.1, -0.05) is 17.3 Å². The summed E-state index contributed by atoms with van der Waals surface area (Å²) in [4.78, 5) is 6.52. The number of aromatic nitrogens is 2. The van der Waals surface area contributed by atoms with E-state index in [1.807, 2.05) is 24.3 Å². The molecule has 7 nitrogen and oxygen atoms in total. The molecule has 1 N–H and O–H groups in total. The molecule has 1 aromatic carbocycles. The summed E-state index contributed by atoms with van der Waals surface area (Å²) < 4.78 is 15.9. The van der Waals surface area contributed by atoms with Gasteiger partial charge in [-0.05, 0) is 36.2 Å². The third-order valence-electron chi connectivity index (χ3n) is 4.41. The summed E-state index contributed by atoms with van der Waals surface area (Å²) in [5.74, 6) is 2.30. The molecule has 3 aromatic rings. The van der Waals surface area contributed by atoms with Crippen LogP contribution in [0.5, 0.6) is 5.75 Å². The first-order valence-electron chi connectivity index (χ1n) is 8.15. The molecule has 0 radical (unpaired) electrons. The van der Waals surface area contributed by atoms with Gasteiger partial charge in [0.25, 0.3) is 0 Å². The maximum Gasteiger partial charge on any atom is 0.241 e. The monoisotopic (exact) mass is 341 g/mol. The number of methoxy groups -OCH3 is 1. The van der Waals surface area contributed by atoms with E-state index >= 15 is 0 Å². The fourth-order valence-corrected chi connectivity index (χ4v) is 3.25. The maximum absolute atomic E-state index is 10.1. The Morgan fingerprint density at radius 3 is 3.04 bits per heavy atom. The first-order valence-corrected chi connectivity index (χ1v) is 8.15. The molecule has 1 fully saturated rings. The highest BCUT2D eigenvalue weighted by atomic mass is 16.5. The Kier molecular flexibility index (Phi) is 4.25. The summed E-state index contributed by atoms with van der Waals surface area (Å²) in [5, 5.41) is 14.1. The van der Waals surface area contributed by atoms with Crippen molar-refractivity contribution in [2.45, 2.75) is 25.1 Å². The molecule has 1 aliphatic rings. The average molecular weight is 341 g/mol. The van der Waals surface area contributed by atoms with Crippen molar-refractivity contribution >= 4 is 0 Å². The van der Waals surface area contributed by atoms with Crippen LogP contribution in [0, 0.1) is 0 Å². The van der Waals surface area contributed by atoms with E-state index in [1.165, 1.54) is 0 Å². The summed E-state index contributed by atoms with van der Waals surface area (Å²) >= 11 is 0. The smallest absolute Gasteiger partial charge is 0.241 e. The molecule has 25 heavy (non-hydrogen) atoms. The van der Waals surface area contributed by atoms with Crippen LogP contribution >= 0.6 is 0 Å². The Labute approximate surface area is 144 Å². The minimum Gasteiger partial charge on any atom is -0.497 e. The first kappa shape index (κ1) is 15.9. The second kappa shape index (κ2) is 6.70. The number of hydrogen-bond acceptors (Lipinski definition) is 7. The van der Waals surface area contributed by atoms with Crippen molar-refractivity contribution in [3.05, 3.63) is 54.1 Å². The molecule has 0 spiro atoms. The van der Waals surface area contributed by atoms with Crippen molar-refractivity contribution in [2.24, 2.45) is 0 Å². The van der Waals surface area contributed by atoms with Crippen molar-refractivity contribution in [1.29, 1.82) is 0 Å². The van der Waals surface area contributed by atoms with Gasteiger partial charge in [0.15, 0.2) is 5.76 Å². The first-order chi connectivity index (χ1) is 12.2. The van der Waals surface area contributed by atoms with Gasteiger partial charge in [-0.25, -0.2) is 0 Å². The molecule has 3 heterocycles. The lowest BCUT2D eigenvalue weighted by Crippen LogP contribution is -2.24. The summed E-state index contributed by atoms with van der Waals surface area (Å²) in [5.41, 5.74) is 1.10. The van der Waals surface area contributed by atoms with Crippen LogP contribution in [0.15, 0.2) is 51.6 Å². The molecule has 0 amide bonds. The molecule has 1 saturated heterocycles. The predicted molar refractivity (Wildman–Crippen MR) is 88.8 cm³/mol. The van der Waals surface area contributed by atoms with E-state index in [1.54, 1.807) is 25.5 Å². The lowest BCUT2D eigenvalue weighted by atomic mass is 10.0. The zero-order valence-corrected chi connectivity index (χ0v) is 13.8. The molecule has 7 heteroatoms. The number of rotatable bonds is 5. The van der Waals surface area contributed by atoms with E-state index < -0.39 is 0 Å². The van der Waals surface area contributed by atoms with Crippen LogP contribution in [0.1, 0.15) is 23.9 Å². The van der Waals surface area contributed by atoms with E-state index in [4.69, 9.17) is 13.7 Å². The second-order valence-electron chi connectivity index (χ2n) is 6.10. The number of ether oxygens (including phenoxy) is 1. The third kappa shape index (κ3) is 3.29. The molecule has 1 aliphatic heterocycles. The molecule has 0 bridgehead atoms. The molecule has 0 aliphatic carbocycles. The van der Waals surface area contributed by atoms with Crippen molar-refractivity contribution < 1.29 is 18.8 Å². The summed E-state index contributed by atoms with van der Waals surface area (Å²) in [6, 6.07) is 11.5. The fourth-order valence-electron chi connectivity index (χ4n) is 3.25. The lowest BCUT2D eigenvalue weighted by Gasteiger charge is -2.23. The SMILES string of the molecule is COc1cccc([C@H]2C[C@@H](O)CN2Cc2nc(-c3ccco3)no2)c1. The van der Waals surface area contributed by atoms with Gasteiger partial charge >= 0.3 is 0 Å². The number of furan rings is 1. The van der Waals surface area contributed by atoms with E-state index in [0.717, 1.165) is 11.3 Å². The van der Waals surface area contributed by atoms with Gasteiger partial charge < -0.3 is 18.8 Å². The molecule has 130 valence electrons. The van der Waals surface area contributed by atoms with Gasteiger partial charge in [0, 0.05) is 12.6 Å².